The second-order valence-corrected chi connectivity index (χ2v) is 12.0. The number of H-pyrrole nitrogens is 3. The maximum atomic E-state index is 15.6. The molecule has 6 aromatic rings. The number of benzene rings is 3. The quantitative estimate of drug-likeness (QED) is 0.103. The molecule has 0 radical (unpaired) electrons. The van der Waals surface area contributed by atoms with E-state index in [4.69, 9.17) is 0 Å². The molecule has 8 bridgehead atoms. The molecule has 19 heteroatoms. The van der Waals surface area contributed by atoms with Gasteiger partial charge in [-0.05, 0) is 42.5 Å². The van der Waals surface area contributed by atoms with Crippen LogP contribution in [-0.2, 0) is 0 Å². The maximum absolute atomic E-state index is 15.6. The number of aromatic amines is 3. The Morgan fingerprint density at radius 2 is 0.732 bits per heavy atom. The van der Waals surface area contributed by atoms with E-state index in [2.05, 4.69) is 19.9 Å². The third-order valence-corrected chi connectivity index (χ3v) is 8.97. The van der Waals surface area contributed by atoms with Crippen molar-refractivity contribution in [2.45, 2.75) is 0 Å². The summed E-state index contributed by atoms with van der Waals surface area (Å²) in [4.78, 5) is 11.7. The molecule has 2 aliphatic rings. The predicted molar refractivity (Wildman–Crippen MR) is 165 cm³/mol. The molecule has 4 nitrogen and oxygen atoms in total. The first-order valence-electron chi connectivity index (χ1n) is 15.4. The van der Waals surface area contributed by atoms with Gasteiger partial charge in [-0.15, -0.1) is 0 Å². The topological polar surface area (TPSA) is 59.7 Å². The van der Waals surface area contributed by atoms with Gasteiger partial charge in [-0.1, -0.05) is 0 Å². The molecule has 0 fully saturated rings. The standard InChI is InChI=1S/C37H11F15N4/c38-23-20(24(39)30(45)35(50)29(23)44)17-9-7-16(53-8-9)19(22-27(42)33(48)37(52)34(49)28(22)43)15-4-2-11(55-15)10-1-3-13(54-10)18(14-6-5-12(17)56-14)21-25(40)31(46)36(51)32(47)26(21)41/h1-8,53,55-56H. The molecular formula is C37H11F15N4. The minimum Gasteiger partial charge on any atom is -0.360 e. The van der Waals surface area contributed by atoms with Crippen molar-refractivity contribution in [3.63, 3.8) is 0 Å². The van der Waals surface area contributed by atoms with Gasteiger partial charge in [0, 0.05) is 50.2 Å². The average Bonchev–Trinajstić information content (AvgIpc) is 4.03. The van der Waals surface area contributed by atoms with Gasteiger partial charge in [0.2, 0.25) is 17.5 Å². The van der Waals surface area contributed by atoms with Crippen molar-refractivity contribution in [2.24, 2.45) is 4.99 Å². The van der Waals surface area contributed by atoms with Gasteiger partial charge in [0.15, 0.2) is 69.8 Å². The van der Waals surface area contributed by atoms with Crippen LogP contribution in [0.5, 0.6) is 0 Å². The Labute approximate surface area is 299 Å². The summed E-state index contributed by atoms with van der Waals surface area (Å²) >= 11 is 0. The zero-order valence-electron chi connectivity index (χ0n) is 26.7. The number of fused-ring (bicyclic) bond motifs is 7. The average molecular weight is 796 g/mol. The van der Waals surface area contributed by atoms with E-state index in [9.17, 15) is 39.5 Å². The lowest BCUT2D eigenvalue weighted by Crippen LogP contribution is -2.22. The van der Waals surface area contributed by atoms with Crippen LogP contribution in [0.15, 0.2) is 53.7 Å². The summed E-state index contributed by atoms with van der Waals surface area (Å²) in [5, 5.41) is -1.83. The highest BCUT2D eigenvalue weighted by atomic mass is 19.2. The fourth-order valence-electron chi connectivity index (χ4n) is 6.43. The van der Waals surface area contributed by atoms with Gasteiger partial charge < -0.3 is 15.0 Å². The summed E-state index contributed by atoms with van der Waals surface area (Å²) in [6.45, 7) is 0. The number of nitrogens with zero attached hydrogens (tertiary/aromatic N) is 1. The van der Waals surface area contributed by atoms with Crippen molar-refractivity contribution >= 4 is 28.1 Å². The Bertz CT molecular complexity index is 3010. The SMILES string of the molecule is Fc1c(F)c(F)c(C2=c3ccc([nH]3)=C(c3c(F)c(F)c(F)c(F)c3F)c3c[nH]c(c3)C(c3c(F)c(F)c(F)c(F)c3F)=c3ccc([nH]3)=C3C=CC2=N3)c(F)c1F. The number of hydrogen-bond acceptors (Lipinski definition) is 1. The van der Waals surface area contributed by atoms with Gasteiger partial charge in [0.25, 0.3) is 0 Å². The third kappa shape index (κ3) is 5.09. The Morgan fingerprint density at radius 1 is 0.375 bits per heavy atom. The fourth-order valence-corrected chi connectivity index (χ4v) is 6.43. The molecule has 8 rings (SSSR count). The third-order valence-electron chi connectivity index (χ3n) is 8.97. The highest BCUT2D eigenvalue weighted by molar-refractivity contribution is 6.31. The molecule has 0 aliphatic carbocycles. The smallest absolute Gasteiger partial charge is 0.200 e. The van der Waals surface area contributed by atoms with E-state index in [0.717, 1.165) is 48.7 Å². The molecule has 3 aromatic carbocycles. The Balaban J connectivity index is 1.61. The first-order chi connectivity index (χ1) is 26.5. The summed E-state index contributed by atoms with van der Waals surface area (Å²) in [6, 6.07) is 4.70. The van der Waals surface area contributed by atoms with E-state index in [0.29, 0.717) is 0 Å². The molecule has 3 N–H and O–H groups in total. The molecule has 56 heavy (non-hydrogen) atoms. The summed E-state index contributed by atoms with van der Waals surface area (Å²) in [7, 11) is 0. The van der Waals surface area contributed by atoms with Gasteiger partial charge in [-0.25, -0.2) is 70.8 Å². The Hall–Kier alpha value is -6.66. The molecule has 284 valence electrons. The normalized spacial score (nSPS) is 13.9. The number of halogens is 15. The zero-order chi connectivity index (χ0) is 40.2. The summed E-state index contributed by atoms with van der Waals surface area (Å²) in [5.74, 6) is -36.4. The molecule has 0 spiro atoms. The van der Waals surface area contributed by atoms with E-state index in [-0.39, 0.29) is 11.0 Å². The van der Waals surface area contributed by atoms with Crippen molar-refractivity contribution < 1.29 is 65.9 Å². The van der Waals surface area contributed by atoms with E-state index < -0.39 is 154 Å². The van der Waals surface area contributed by atoms with Crippen LogP contribution in [0.2, 0.25) is 0 Å². The van der Waals surface area contributed by atoms with Crippen LogP contribution < -0.4 is 21.4 Å². The van der Waals surface area contributed by atoms with Crippen molar-refractivity contribution in [1.82, 2.24) is 15.0 Å². The first kappa shape index (κ1) is 36.3. The molecule has 0 amide bonds. The second kappa shape index (κ2) is 12.7. The Morgan fingerprint density at radius 3 is 1.21 bits per heavy atom. The molecule has 3 aromatic heterocycles. The Kier molecular flexibility index (Phi) is 8.24. The molecule has 2 aliphatic heterocycles. The van der Waals surface area contributed by atoms with Crippen LogP contribution >= 0.6 is 0 Å². The predicted octanol–water partition coefficient (Wildman–Crippen LogP) is 6.58. The largest absolute Gasteiger partial charge is 0.360 e. The molecule has 5 heterocycles. The molecule has 0 saturated heterocycles. The lowest BCUT2D eigenvalue weighted by Gasteiger charge is -2.12. The van der Waals surface area contributed by atoms with Crippen LogP contribution in [0, 0.1) is 87.3 Å². The van der Waals surface area contributed by atoms with Gasteiger partial charge >= 0.3 is 0 Å². The van der Waals surface area contributed by atoms with Crippen molar-refractivity contribution in [1.29, 1.82) is 0 Å². The summed E-state index contributed by atoms with van der Waals surface area (Å²) in [6.07, 6.45) is 2.92. The zero-order valence-corrected chi connectivity index (χ0v) is 26.7. The van der Waals surface area contributed by atoms with E-state index in [1.165, 1.54) is 0 Å². The van der Waals surface area contributed by atoms with Gasteiger partial charge in [-0.3, -0.25) is 0 Å². The van der Waals surface area contributed by atoms with E-state index in [1.54, 1.807) is 0 Å². The second-order valence-electron chi connectivity index (χ2n) is 12.0. The van der Waals surface area contributed by atoms with Crippen LogP contribution in [0.1, 0.15) is 27.9 Å². The van der Waals surface area contributed by atoms with Crippen LogP contribution in [0.25, 0.3) is 22.4 Å². The van der Waals surface area contributed by atoms with Crippen LogP contribution in [0.4, 0.5) is 65.9 Å². The number of aromatic nitrogens is 3. The maximum Gasteiger partial charge on any atom is 0.200 e. The number of rotatable bonds is 3. The number of allylic oxidation sites excluding steroid dienone is 1. The highest BCUT2D eigenvalue weighted by Crippen LogP contribution is 2.36. The van der Waals surface area contributed by atoms with Crippen LogP contribution in [-0.4, -0.2) is 20.7 Å². The lowest BCUT2D eigenvalue weighted by atomic mass is 9.95. The summed E-state index contributed by atoms with van der Waals surface area (Å²) in [5.41, 5.74) is -9.42. The molecule has 0 unspecified atom stereocenters. The van der Waals surface area contributed by atoms with Gasteiger partial charge in [-0.2, -0.15) is 0 Å². The van der Waals surface area contributed by atoms with Gasteiger partial charge in [0.05, 0.1) is 33.4 Å². The number of hydrogen-bond donors (Lipinski definition) is 3. The van der Waals surface area contributed by atoms with Crippen molar-refractivity contribution in [3.8, 4) is 0 Å². The highest BCUT2D eigenvalue weighted by Gasteiger charge is 2.34. The van der Waals surface area contributed by atoms with Crippen molar-refractivity contribution in [3.05, 3.63) is 185 Å². The lowest BCUT2D eigenvalue weighted by molar-refractivity contribution is 0.376. The number of aliphatic imine (C=N–C) groups is 1. The number of nitrogens with one attached hydrogen (secondary N) is 3. The minimum absolute atomic E-state index is 0.119. The van der Waals surface area contributed by atoms with Crippen LogP contribution in [0.3, 0.4) is 0 Å². The summed E-state index contributed by atoms with van der Waals surface area (Å²) < 4.78 is 223. The first-order valence-corrected chi connectivity index (χ1v) is 15.4. The van der Waals surface area contributed by atoms with E-state index >= 15 is 26.3 Å². The minimum atomic E-state index is -2.59. The van der Waals surface area contributed by atoms with Crippen molar-refractivity contribution in [2.75, 3.05) is 0 Å². The van der Waals surface area contributed by atoms with E-state index in [1.807, 2.05) is 0 Å². The monoisotopic (exact) mass is 796 g/mol. The molecular weight excluding hydrogens is 785 g/mol. The molecule has 0 atom stereocenters. The molecule has 0 saturated carbocycles. The van der Waals surface area contributed by atoms with Gasteiger partial charge in [0.1, 0.15) is 0 Å². The fraction of sp³-hybridized carbons (Fsp3) is 0.